The van der Waals surface area contributed by atoms with E-state index in [2.05, 4.69) is 49.8 Å². The quantitative estimate of drug-likeness (QED) is 0.245. The molecule has 0 bridgehead atoms. The summed E-state index contributed by atoms with van der Waals surface area (Å²) in [7, 11) is 0. The van der Waals surface area contributed by atoms with Crippen LogP contribution in [0.2, 0.25) is 0 Å². The van der Waals surface area contributed by atoms with Gasteiger partial charge in [-0.15, -0.1) is 12.3 Å². The van der Waals surface area contributed by atoms with Crippen LogP contribution in [0.4, 0.5) is 16.6 Å². The predicted molar refractivity (Wildman–Crippen MR) is 148 cm³/mol. The number of nitrogens with one attached hydrogen (secondary N) is 2. The van der Waals surface area contributed by atoms with Gasteiger partial charge in [-0.3, -0.25) is 0 Å². The number of carbonyl (C=O) groups is 1. The molecule has 5 N–H and O–H groups in total. The first-order chi connectivity index (χ1) is 18.3. The minimum Gasteiger partial charge on any atom is -0.463 e. The Kier molecular flexibility index (Phi) is 7.70. The molecule has 11 heteroatoms. The maximum Gasteiger partial charge on any atom is 0.433 e. The number of nitrogens with zero attached hydrogens (tertiary/aromatic N) is 6. The number of aliphatic imine (C=N–C) groups is 1. The van der Waals surface area contributed by atoms with E-state index in [9.17, 15) is 4.79 Å². The van der Waals surface area contributed by atoms with Crippen LogP contribution >= 0.6 is 0 Å². The summed E-state index contributed by atoms with van der Waals surface area (Å²) in [5, 5.41) is 16.3. The lowest BCUT2D eigenvalue weighted by atomic mass is 9.80. The van der Waals surface area contributed by atoms with Crippen LogP contribution in [0.1, 0.15) is 64.6 Å². The molecule has 2 saturated carbocycles. The lowest BCUT2D eigenvalue weighted by Gasteiger charge is -2.36. The molecule has 1 aliphatic heterocycles. The molecule has 1 amide bonds. The van der Waals surface area contributed by atoms with Crippen molar-refractivity contribution in [2.75, 3.05) is 29.9 Å². The molecule has 3 heterocycles. The third-order valence-corrected chi connectivity index (χ3v) is 8.53. The van der Waals surface area contributed by atoms with Gasteiger partial charge in [-0.1, -0.05) is 6.42 Å². The van der Waals surface area contributed by atoms with Gasteiger partial charge in [-0.05, 0) is 64.2 Å². The number of aromatic nitrogens is 4. The SMILES string of the molecule is C#CC1CCC(Cn2c(N3CCNCC3C)nc3nc(C(N)=NC(=O)O)nc(NC(C)C4CCC4)c32)CC1. The average molecular weight is 522 g/mol. The van der Waals surface area contributed by atoms with E-state index in [1.54, 1.807) is 0 Å². The van der Waals surface area contributed by atoms with E-state index in [4.69, 9.17) is 27.2 Å². The van der Waals surface area contributed by atoms with E-state index in [-0.39, 0.29) is 23.7 Å². The van der Waals surface area contributed by atoms with Gasteiger partial charge in [0.25, 0.3) is 0 Å². The number of amides is 1. The van der Waals surface area contributed by atoms with Gasteiger partial charge < -0.3 is 30.9 Å². The fraction of sp³-hybridized carbons (Fsp3) is 0.667. The minimum absolute atomic E-state index is 0.0716. The van der Waals surface area contributed by atoms with Crippen LogP contribution in [-0.2, 0) is 6.54 Å². The molecule has 2 unspecified atom stereocenters. The molecule has 2 atom stereocenters. The van der Waals surface area contributed by atoms with E-state index in [1.165, 1.54) is 19.3 Å². The van der Waals surface area contributed by atoms with E-state index < -0.39 is 6.09 Å². The number of rotatable bonds is 7. The van der Waals surface area contributed by atoms with Gasteiger partial charge in [0.2, 0.25) is 5.95 Å². The van der Waals surface area contributed by atoms with Crippen LogP contribution in [0, 0.1) is 30.1 Å². The van der Waals surface area contributed by atoms with Gasteiger partial charge in [0.15, 0.2) is 23.1 Å². The highest BCUT2D eigenvalue weighted by atomic mass is 16.4. The predicted octanol–water partition coefficient (Wildman–Crippen LogP) is 3.05. The molecule has 5 rings (SSSR count). The monoisotopic (exact) mass is 521 g/mol. The molecule has 2 aliphatic carbocycles. The Morgan fingerprint density at radius 3 is 2.66 bits per heavy atom. The number of hydrogen-bond acceptors (Lipinski definition) is 7. The van der Waals surface area contributed by atoms with Crippen LogP contribution in [-0.4, -0.2) is 68.3 Å². The number of carboxylic acid groups (broad SMARTS) is 1. The van der Waals surface area contributed by atoms with E-state index in [0.29, 0.717) is 29.2 Å². The summed E-state index contributed by atoms with van der Waals surface area (Å²) in [6, 6.07) is 0.455. The lowest BCUT2D eigenvalue weighted by molar-refractivity contribution is 0.205. The first-order valence-electron chi connectivity index (χ1n) is 13.9. The summed E-state index contributed by atoms with van der Waals surface area (Å²) < 4.78 is 2.28. The lowest BCUT2D eigenvalue weighted by Crippen LogP contribution is -2.51. The van der Waals surface area contributed by atoms with Crippen molar-refractivity contribution in [3.8, 4) is 12.3 Å². The highest BCUT2D eigenvalue weighted by Crippen LogP contribution is 2.36. The zero-order valence-corrected chi connectivity index (χ0v) is 22.4. The first kappa shape index (κ1) is 26.2. The van der Waals surface area contributed by atoms with Gasteiger partial charge in [-0.2, -0.15) is 9.98 Å². The Morgan fingerprint density at radius 1 is 1.26 bits per heavy atom. The highest BCUT2D eigenvalue weighted by molar-refractivity contribution is 6.01. The summed E-state index contributed by atoms with van der Waals surface area (Å²) >= 11 is 0. The Balaban J connectivity index is 1.62. The molecule has 0 spiro atoms. The van der Waals surface area contributed by atoms with Crippen LogP contribution in [0.15, 0.2) is 4.99 Å². The molecule has 2 aromatic rings. The Labute approximate surface area is 223 Å². The summed E-state index contributed by atoms with van der Waals surface area (Å²) in [5.41, 5.74) is 7.35. The number of nitrogens with two attached hydrogens (primary N) is 1. The van der Waals surface area contributed by atoms with E-state index in [1.807, 2.05) is 0 Å². The molecular weight excluding hydrogens is 482 g/mol. The average Bonchev–Trinajstić information content (AvgIpc) is 3.21. The Bertz CT molecular complexity index is 1240. The van der Waals surface area contributed by atoms with Crippen molar-refractivity contribution in [3.05, 3.63) is 5.82 Å². The number of amidine groups is 1. The second-order valence-corrected chi connectivity index (χ2v) is 11.1. The van der Waals surface area contributed by atoms with Gasteiger partial charge in [0.05, 0.1) is 0 Å². The van der Waals surface area contributed by atoms with Crippen LogP contribution in [0.5, 0.6) is 0 Å². The summed E-state index contributed by atoms with van der Waals surface area (Å²) in [5.74, 6) is 5.67. The van der Waals surface area contributed by atoms with Gasteiger partial charge >= 0.3 is 6.09 Å². The third-order valence-electron chi connectivity index (χ3n) is 8.53. The molecule has 204 valence electrons. The third kappa shape index (κ3) is 5.41. The van der Waals surface area contributed by atoms with Crippen LogP contribution in [0.3, 0.4) is 0 Å². The summed E-state index contributed by atoms with van der Waals surface area (Å²) in [6.45, 7) is 7.75. The number of anilines is 2. The maximum atomic E-state index is 11.2. The number of fused-ring (bicyclic) bond motifs is 1. The number of imidazole rings is 1. The topological polar surface area (TPSA) is 147 Å². The second-order valence-electron chi connectivity index (χ2n) is 11.1. The normalized spacial score (nSPS) is 25.6. The zero-order valence-electron chi connectivity index (χ0n) is 22.4. The van der Waals surface area contributed by atoms with E-state index >= 15 is 0 Å². The number of terminal acetylenes is 1. The molecular formula is C27H39N9O2. The fourth-order valence-corrected chi connectivity index (χ4v) is 5.97. The molecule has 1 saturated heterocycles. The van der Waals surface area contributed by atoms with Gasteiger partial charge in [-0.25, -0.2) is 14.8 Å². The van der Waals surface area contributed by atoms with Crippen molar-refractivity contribution < 1.29 is 9.90 Å². The number of hydrogen-bond donors (Lipinski definition) is 4. The standard InChI is InChI=1S/C27H39N9O2/c1-4-18-8-10-19(11-9-18)15-36-21-23(30-17(3)20-6-5-7-20)32-25(22(28)31-27(37)38)33-24(21)34-26(36)35-13-12-29-14-16(35)2/h1,16-20,29H,5-15H2,2-3H3,(H2,28,31)(H,37,38)(H,30,32,33). The first-order valence-corrected chi connectivity index (χ1v) is 13.9. The summed E-state index contributed by atoms with van der Waals surface area (Å²) in [6.07, 6.45) is 12.2. The highest BCUT2D eigenvalue weighted by Gasteiger charge is 2.31. The molecule has 38 heavy (non-hydrogen) atoms. The molecule has 3 aliphatic rings. The van der Waals surface area contributed by atoms with Crippen molar-refractivity contribution in [2.45, 2.75) is 77.4 Å². The fourth-order valence-electron chi connectivity index (χ4n) is 5.97. The molecule has 3 fully saturated rings. The van der Waals surface area contributed by atoms with Crippen molar-refractivity contribution in [1.82, 2.24) is 24.8 Å². The van der Waals surface area contributed by atoms with Crippen molar-refractivity contribution in [3.63, 3.8) is 0 Å². The molecule has 0 radical (unpaired) electrons. The van der Waals surface area contributed by atoms with Crippen molar-refractivity contribution >= 4 is 34.9 Å². The Hall–Kier alpha value is -3.39. The van der Waals surface area contributed by atoms with Crippen molar-refractivity contribution in [1.29, 1.82) is 0 Å². The smallest absolute Gasteiger partial charge is 0.433 e. The molecule has 11 nitrogen and oxygen atoms in total. The molecule has 2 aromatic heterocycles. The maximum absolute atomic E-state index is 11.2. The minimum atomic E-state index is -1.38. The second kappa shape index (κ2) is 11.2. The van der Waals surface area contributed by atoms with E-state index in [0.717, 1.165) is 63.3 Å². The van der Waals surface area contributed by atoms with Gasteiger partial charge in [0, 0.05) is 44.2 Å². The summed E-state index contributed by atoms with van der Waals surface area (Å²) in [4.78, 5) is 31.4. The molecule has 0 aromatic carbocycles. The van der Waals surface area contributed by atoms with Gasteiger partial charge in [0.1, 0.15) is 5.52 Å². The van der Waals surface area contributed by atoms with Crippen molar-refractivity contribution in [2.24, 2.45) is 28.5 Å². The Morgan fingerprint density at radius 2 is 2.03 bits per heavy atom. The largest absolute Gasteiger partial charge is 0.463 e. The zero-order chi connectivity index (χ0) is 26.8. The van der Waals surface area contributed by atoms with Crippen LogP contribution < -0.4 is 21.3 Å². The van der Waals surface area contributed by atoms with Crippen LogP contribution in [0.25, 0.3) is 11.2 Å². The number of piperazine rings is 1.